The first-order valence-electron chi connectivity index (χ1n) is 6.87. The van der Waals surface area contributed by atoms with Crippen molar-refractivity contribution in [2.75, 3.05) is 13.1 Å². The summed E-state index contributed by atoms with van der Waals surface area (Å²) in [4.78, 5) is 14.8. The Morgan fingerprint density at radius 3 is 2.68 bits per heavy atom. The molecule has 116 valence electrons. The molecule has 1 unspecified atom stereocenters. The second-order valence-electron chi connectivity index (χ2n) is 5.21. The second-order valence-corrected chi connectivity index (χ2v) is 8.19. The van der Waals surface area contributed by atoms with Crippen LogP contribution < -0.4 is 0 Å². The van der Waals surface area contributed by atoms with Gasteiger partial charge in [0, 0.05) is 13.1 Å². The van der Waals surface area contributed by atoms with E-state index in [1.54, 1.807) is 42.2 Å². The first-order valence-corrected chi connectivity index (χ1v) is 9.19. The molecule has 1 aromatic heterocycles. The maximum Gasteiger partial charge on any atom is 0.267 e. The van der Waals surface area contributed by atoms with Crippen LogP contribution in [0.5, 0.6) is 0 Å². The quantitative estimate of drug-likeness (QED) is 0.848. The van der Waals surface area contributed by atoms with Gasteiger partial charge in [-0.05, 0) is 37.0 Å². The van der Waals surface area contributed by atoms with Crippen LogP contribution in [0.25, 0.3) is 0 Å². The number of aromatic nitrogens is 2. The molecule has 0 N–H and O–H groups in total. The Kier molecular flexibility index (Phi) is 3.96. The number of likely N-dealkylation sites (tertiary alicyclic amines) is 1. The Bertz CT molecular complexity index is 787. The maximum absolute atomic E-state index is 12.6. The highest BCUT2D eigenvalue weighted by Gasteiger charge is 2.37. The monoisotopic (exact) mass is 337 g/mol. The number of rotatable bonds is 3. The third-order valence-electron chi connectivity index (χ3n) is 3.79. The molecule has 1 aromatic carbocycles. The lowest BCUT2D eigenvalue weighted by molar-refractivity contribution is 0.0797. The van der Waals surface area contributed by atoms with Crippen LogP contribution in [0.3, 0.4) is 0 Å². The molecule has 6 nitrogen and oxygen atoms in total. The fraction of sp³-hybridized carbons (Fsp3) is 0.357. The van der Waals surface area contributed by atoms with E-state index in [1.807, 2.05) is 0 Å². The molecule has 1 fully saturated rings. The number of carbonyl (C=O) groups excluding carboxylic acids is 1. The van der Waals surface area contributed by atoms with Gasteiger partial charge in [0.15, 0.2) is 9.84 Å². The molecule has 8 heteroatoms. The molecular weight excluding hydrogens is 322 g/mol. The van der Waals surface area contributed by atoms with Gasteiger partial charge in [-0.3, -0.25) is 4.79 Å². The number of aryl methyl sites for hydroxylation is 1. The number of sulfone groups is 1. The van der Waals surface area contributed by atoms with Gasteiger partial charge in [0.2, 0.25) is 0 Å². The fourth-order valence-electron chi connectivity index (χ4n) is 2.54. The molecule has 0 saturated carbocycles. The van der Waals surface area contributed by atoms with Gasteiger partial charge >= 0.3 is 0 Å². The van der Waals surface area contributed by atoms with Crippen molar-refractivity contribution >= 4 is 27.3 Å². The Balaban J connectivity index is 1.78. The summed E-state index contributed by atoms with van der Waals surface area (Å²) in [5, 5.41) is 3.27. The minimum absolute atomic E-state index is 0.182. The normalized spacial score (nSPS) is 18.6. The number of hydrogen-bond donors (Lipinski definition) is 0. The first kappa shape index (κ1) is 15.1. The van der Waals surface area contributed by atoms with Crippen molar-refractivity contribution in [2.45, 2.75) is 23.5 Å². The largest absolute Gasteiger partial charge is 0.336 e. The third-order valence-corrected chi connectivity index (χ3v) is 6.80. The van der Waals surface area contributed by atoms with Crippen molar-refractivity contribution < 1.29 is 13.2 Å². The van der Waals surface area contributed by atoms with Gasteiger partial charge in [0.05, 0.1) is 15.8 Å². The van der Waals surface area contributed by atoms with Gasteiger partial charge in [0.25, 0.3) is 5.91 Å². The first-order chi connectivity index (χ1) is 10.5. The molecule has 0 aliphatic carbocycles. The SMILES string of the molecule is Cc1nnsc1C(=O)N1CCC(S(=O)(=O)c2ccccc2)C1. The Labute approximate surface area is 132 Å². The molecule has 1 saturated heterocycles. The van der Waals surface area contributed by atoms with Gasteiger partial charge in [-0.25, -0.2) is 8.42 Å². The molecule has 22 heavy (non-hydrogen) atoms. The molecule has 0 bridgehead atoms. The van der Waals surface area contributed by atoms with Gasteiger partial charge in [-0.15, -0.1) is 5.10 Å². The van der Waals surface area contributed by atoms with E-state index < -0.39 is 15.1 Å². The summed E-state index contributed by atoms with van der Waals surface area (Å²) >= 11 is 1.05. The smallest absolute Gasteiger partial charge is 0.267 e. The van der Waals surface area contributed by atoms with Gasteiger partial charge in [-0.1, -0.05) is 22.7 Å². The van der Waals surface area contributed by atoms with Crippen molar-refractivity contribution in [1.29, 1.82) is 0 Å². The molecule has 1 amide bonds. The van der Waals surface area contributed by atoms with E-state index in [0.717, 1.165) is 11.5 Å². The van der Waals surface area contributed by atoms with Crippen LogP contribution in [0.4, 0.5) is 0 Å². The number of amides is 1. The van der Waals surface area contributed by atoms with Crippen molar-refractivity contribution in [1.82, 2.24) is 14.5 Å². The fourth-order valence-corrected chi connectivity index (χ4v) is 4.88. The van der Waals surface area contributed by atoms with Gasteiger partial charge in [-0.2, -0.15) is 0 Å². The Hall–Kier alpha value is -1.80. The second kappa shape index (κ2) is 5.77. The average molecular weight is 337 g/mol. The molecule has 1 aliphatic rings. The van der Waals surface area contributed by atoms with Crippen LogP contribution in [0.15, 0.2) is 35.2 Å². The molecule has 0 radical (unpaired) electrons. The summed E-state index contributed by atoms with van der Waals surface area (Å²) < 4.78 is 28.9. The summed E-state index contributed by atoms with van der Waals surface area (Å²) in [6.45, 7) is 2.38. The summed E-state index contributed by atoms with van der Waals surface area (Å²) in [6.07, 6.45) is 0.453. The number of nitrogens with zero attached hydrogens (tertiary/aromatic N) is 3. The zero-order valence-corrected chi connectivity index (χ0v) is 13.6. The van der Waals surface area contributed by atoms with Crippen LogP contribution in [0.1, 0.15) is 21.8 Å². The minimum atomic E-state index is -3.41. The van der Waals surface area contributed by atoms with Crippen LogP contribution in [-0.4, -0.2) is 47.2 Å². The van der Waals surface area contributed by atoms with E-state index in [1.165, 1.54) is 0 Å². The van der Waals surface area contributed by atoms with E-state index in [9.17, 15) is 13.2 Å². The van der Waals surface area contributed by atoms with Crippen LogP contribution in [-0.2, 0) is 9.84 Å². The summed E-state index contributed by atoms with van der Waals surface area (Å²) in [5.74, 6) is -0.182. The Morgan fingerprint density at radius 1 is 1.32 bits per heavy atom. The Morgan fingerprint density at radius 2 is 2.05 bits per heavy atom. The molecule has 2 aromatic rings. The van der Waals surface area contributed by atoms with Crippen LogP contribution in [0.2, 0.25) is 0 Å². The zero-order valence-electron chi connectivity index (χ0n) is 12.0. The van der Waals surface area contributed by atoms with E-state index in [0.29, 0.717) is 28.4 Å². The lowest BCUT2D eigenvalue weighted by Gasteiger charge is -2.16. The predicted molar refractivity (Wildman–Crippen MR) is 82.6 cm³/mol. The lowest BCUT2D eigenvalue weighted by Crippen LogP contribution is -2.31. The number of hydrogen-bond acceptors (Lipinski definition) is 6. The predicted octanol–water partition coefficient (Wildman–Crippen LogP) is 1.53. The molecular formula is C14H15N3O3S2. The number of benzene rings is 1. The van der Waals surface area contributed by atoms with Crippen molar-refractivity contribution in [3.05, 3.63) is 40.9 Å². The van der Waals surface area contributed by atoms with Crippen molar-refractivity contribution in [3.63, 3.8) is 0 Å². The maximum atomic E-state index is 12.6. The molecule has 3 rings (SSSR count). The van der Waals surface area contributed by atoms with Crippen LogP contribution in [0, 0.1) is 6.92 Å². The summed E-state index contributed by atoms with van der Waals surface area (Å²) in [7, 11) is -3.41. The molecule has 2 heterocycles. The highest BCUT2D eigenvalue weighted by Crippen LogP contribution is 2.25. The summed E-state index contributed by atoms with van der Waals surface area (Å²) in [5.41, 5.74) is 0.587. The van der Waals surface area contributed by atoms with E-state index >= 15 is 0 Å². The van der Waals surface area contributed by atoms with Gasteiger partial charge < -0.3 is 4.90 Å². The van der Waals surface area contributed by atoms with E-state index in [2.05, 4.69) is 9.59 Å². The standard InChI is InChI=1S/C14H15N3O3S2/c1-10-13(21-16-15-10)14(18)17-8-7-12(9-17)22(19,20)11-5-3-2-4-6-11/h2-6,12H,7-9H2,1H3. The topological polar surface area (TPSA) is 80.2 Å². The van der Waals surface area contributed by atoms with Crippen LogP contribution >= 0.6 is 11.5 Å². The average Bonchev–Trinajstić information content (AvgIpc) is 3.17. The highest BCUT2D eigenvalue weighted by atomic mass is 32.2. The zero-order chi connectivity index (χ0) is 15.7. The molecule has 1 atom stereocenters. The molecule has 0 spiro atoms. The highest BCUT2D eigenvalue weighted by molar-refractivity contribution is 7.92. The third kappa shape index (κ3) is 2.64. The van der Waals surface area contributed by atoms with Gasteiger partial charge in [0.1, 0.15) is 4.88 Å². The number of carbonyl (C=O) groups is 1. The van der Waals surface area contributed by atoms with Crippen molar-refractivity contribution in [3.8, 4) is 0 Å². The lowest BCUT2D eigenvalue weighted by atomic mass is 10.3. The minimum Gasteiger partial charge on any atom is -0.336 e. The summed E-state index contributed by atoms with van der Waals surface area (Å²) in [6, 6.07) is 8.38. The van der Waals surface area contributed by atoms with Crippen molar-refractivity contribution in [2.24, 2.45) is 0 Å². The van der Waals surface area contributed by atoms with E-state index in [-0.39, 0.29) is 12.5 Å². The van der Waals surface area contributed by atoms with E-state index in [4.69, 9.17) is 0 Å². The molecule has 1 aliphatic heterocycles.